The fraction of sp³-hybridized carbons (Fsp3) is 0.308. The van der Waals surface area contributed by atoms with Crippen LogP contribution in [-0.4, -0.2) is 24.2 Å². The zero-order valence-corrected chi connectivity index (χ0v) is 18.4. The summed E-state index contributed by atoms with van der Waals surface area (Å²) in [7, 11) is 0. The summed E-state index contributed by atoms with van der Waals surface area (Å²) in [5.74, 6) is -0.942. The van der Waals surface area contributed by atoms with E-state index in [2.05, 4.69) is 24.8 Å². The van der Waals surface area contributed by atoms with Gasteiger partial charge in [-0.1, -0.05) is 38.1 Å². The normalized spacial score (nSPS) is 11.3. The Morgan fingerprint density at radius 3 is 2.35 bits per heavy atom. The predicted octanol–water partition coefficient (Wildman–Crippen LogP) is 5.68. The van der Waals surface area contributed by atoms with Crippen LogP contribution in [0.4, 0.5) is 5.69 Å². The molecule has 0 amide bonds. The highest BCUT2D eigenvalue weighted by Gasteiger charge is 2.12. The van der Waals surface area contributed by atoms with Crippen LogP contribution in [0.1, 0.15) is 53.7 Å². The van der Waals surface area contributed by atoms with Gasteiger partial charge in [-0.05, 0) is 61.6 Å². The molecule has 1 N–H and O–H groups in total. The van der Waals surface area contributed by atoms with Crippen LogP contribution in [0.25, 0.3) is 17.0 Å². The van der Waals surface area contributed by atoms with Crippen LogP contribution >= 0.6 is 0 Å². The molecule has 31 heavy (non-hydrogen) atoms. The van der Waals surface area contributed by atoms with E-state index in [4.69, 9.17) is 9.52 Å². The molecular formula is C26H29NO4. The molecule has 2 aromatic carbocycles. The minimum atomic E-state index is -0.942. The molecule has 162 valence electrons. The van der Waals surface area contributed by atoms with Gasteiger partial charge in [-0.3, -0.25) is 0 Å². The Labute approximate surface area is 182 Å². The molecule has 0 saturated carbocycles. The topological polar surface area (TPSA) is 70.8 Å². The number of nitrogens with zero attached hydrogens (tertiary/aromatic N) is 1. The van der Waals surface area contributed by atoms with E-state index in [1.165, 1.54) is 0 Å². The summed E-state index contributed by atoms with van der Waals surface area (Å²) in [5, 5.41) is 9.92. The zero-order valence-electron chi connectivity index (χ0n) is 18.4. The SMILES string of the molecule is CCCN(CCC)c1ccc2c(C)c(/C=C/Cc3ccc(C(=O)O)cc3)c(=O)oc2c1. The highest BCUT2D eigenvalue weighted by atomic mass is 16.4. The van der Waals surface area contributed by atoms with Crippen LogP contribution in [0.5, 0.6) is 0 Å². The minimum Gasteiger partial charge on any atom is -0.478 e. The maximum Gasteiger partial charge on any atom is 0.343 e. The van der Waals surface area contributed by atoms with Crippen LogP contribution in [0.2, 0.25) is 0 Å². The van der Waals surface area contributed by atoms with Gasteiger partial charge < -0.3 is 14.4 Å². The fourth-order valence-corrected chi connectivity index (χ4v) is 3.75. The number of allylic oxidation sites excluding steroid dienone is 1. The van der Waals surface area contributed by atoms with Crippen LogP contribution < -0.4 is 10.5 Å². The molecule has 5 heteroatoms. The lowest BCUT2D eigenvalue weighted by Gasteiger charge is -2.24. The number of hydrogen-bond donors (Lipinski definition) is 1. The van der Waals surface area contributed by atoms with Crippen molar-refractivity contribution in [1.82, 2.24) is 0 Å². The van der Waals surface area contributed by atoms with Crippen molar-refractivity contribution in [2.24, 2.45) is 0 Å². The van der Waals surface area contributed by atoms with E-state index in [0.29, 0.717) is 17.6 Å². The molecule has 1 heterocycles. The quantitative estimate of drug-likeness (QED) is 0.452. The van der Waals surface area contributed by atoms with Gasteiger partial charge in [0.05, 0.1) is 11.1 Å². The second kappa shape index (κ2) is 10.1. The van der Waals surface area contributed by atoms with Gasteiger partial charge in [-0.25, -0.2) is 9.59 Å². The Morgan fingerprint density at radius 1 is 1.06 bits per heavy atom. The molecule has 0 spiro atoms. The zero-order chi connectivity index (χ0) is 22.4. The van der Waals surface area contributed by atoms with Crippen molar-refractivity contribution in [3.05, 3.63) is 81.2 Å². The van der Waals surface area contributed by atoms with Crippen LogP contribution in [0, 0.1) is 6.92 Å². The van der Waals surface area contributed by atoms with E-state index in [9.17, 15) is 9.59 Å². The number of aryl methyl sites for hydroxylation is 1. The molecule has 0 aliphatic heterocycles. The first-order valence-electron chi connectivity index (χ1n) is 10.8. The van der Waals surface area contributed by atoms with Gasteiger partial charge >= 0.3 is 11.6 Å². The molecule has 0 bridgehead atoms. The fourth-order valence-electron chi connectivity index (χ4n) is 3.75. The number of benzene rings is 2. The Hall–Kier alpha value is -3.34. The third kappa shape index (κ3) is 5.23. The summed E-state index contributed by atoms with van der Waals surface area (Å²) in [6.45, 7) is 8.20. The minimum absolute atomic E-state index is 0.259. The maximum absolute atomic E-state index is 12.7. The van der Waals surface area contributed by atoms with Gasteiger partial charge in [0.15, 0.2) is 0 Å². The molecule has 3 aromatic rings. The smallest absolute Gasteiger partial charge is 0.343 e. The van der Waals surface area contributed by atoms with Crippen LogP contribution in [-0.2, 0) is 6.42 Å². The van der Waals surface area contributed by atoms with Gasteiger partial charge in [0.2, 0.25) is 0 Å². The van der Waals surface area contributed by atoms with E-state index in [1.54, 1.807) is 30.3 Å². The molecule has 0 fully saturated rings. The highest BCUT2D eigenvalue weighted by Crippen LogP contribution is 2.26. The number of anilines is 1. The molecule has 1 aromatic heterocycles. The average Bonchev–Trinajstić information content (AvgIpc) is 2.76. The Morgan fingerprint density at radius 2 is 1.74 bits per heavy atom. The summed E-state index contributed by atoms with van der Waals surface area (Å²) >= 11 is 0. The van der Waals surface area contributed by atoms with Crippen molar-refractivity contribution in [1.29, 1.82) is 0 Å². The molecule has 3 rings (SSSR count). The Bertz CT molecular complexity index is 1140. The number of fused-ring (bicyclic) bond motifs is 1. The lowest BCUT2D eigenvalue weighted by atomic mass is 10.0. The summed E-state index contributed by atoms with van der Waals surface area (Å²) < 4.78 is 5.67. The van der Waals surface area contributed by atoms with Gasteiger partial charge in [-0.15, -0.1) is 0 Å². The third-order valence-electron chi connectivity index (χ3n) is 5.39. The van der Waals surface area contributed by atoms with Crippen molar-refractivity contribution in [2.75, 3.05) is 18.0 Å². The summed E-state index contributed by atoms with van der Waals surface area (Å²) in [4.78, 5) is 25.9. The first-order chi connectivity index (χ1) is 14.9. The van der Waals surface area contributed by atoms with Crippen LogP contribution in [0.3, 0.4) is 0 Å². The van der Waals surface area contributed by atoms with Crippen molar-refractivity contribution < 1.29 is 14.3 Å². The monoisotopic (exact) mass is 419 g/mol. The van der Waals surface area contributed by atoms with Crippen molar-refractivity contribution in [2.45, 2.75) is 40.0 Å². The van der Waals surface area contributed by atoms with E-state index in [-0.39, 0.29) is 11.2 Å². The van der Waals surface area contributed by atoms with Gasteiger partial charge in [0.1, 0.15) is 5.58 Å². The van der Waals surface area contributed by atoms with E-state index in [0.717, 1.165) is 48.1 Å². The second-order valence-corrected chi connectivity index (χ2v) is 7.70. The maximum atomic E-state index is 12.7. The van der Waals surface area contributed by atoms with Gasteiger partial charge in [0, 0.05) is 30.2 Å². The summed E-state index contributed by atoms with van der Waals surface area (Å²) in [6, 6.07) is 12.8. The lowest BCUT2D eigenvalue weighted by Crippen LogP contribution is -2.24. The largest absolute Gasteiger partial charge is 0.478 e. The molecule has 5 nitrogen and oxygen atoms in total. The summed E-state index contributed by atoms with van der Waals surface area (Å²) in [5.41, 5.74) is 4.01. The van der Waals surface area contributed by atoms with Crippen LogP contribution in [0.15, 0.2) is 57.8 Å². The van der Waals surface area contributed by atoms with Gasteiger partial charge in [0.25, 0.3) is 0 Å². The average molecular weight is 420 g/mol. The van der Waals surface area contributed by atoms with Crippen molar-refractivity contribution in [3.63, 3.8) is 0 Å². The van der Waals surface area contributed by atoms with Crippen molar-refractivity contribution >= 4 is 28.7 Å². The van der Waals surface area contributed by atoms with Gasteiger partial charge in [-0.2, -0.15) is 0 Å². The molecular weight excluding hydrogens is 390 g/mol. The van der Waals surface area contributed by atoms with E-state index >= 15 is 0 Å². The number of carboxylic acids is 1. The Kier molecular flexibility index (Phi) is 7.29. The molecule has 0 radical (unpaired) electrons. The molecule has 0 saturated heterocycles. The number of carbonyl (C=O) groups is 1. The highest BCUT2D eigenvalue weighted by molar-refractivity contribution is 5.87. The third-order valence-corrected chi connectivity index (χ3v) is 5.39. The molecule has 0 unspecified atom stereocenters. The second-order valence-electron chi connectivity index (χ2n) is 7.70. The Balaban J connectivity index is 1.86. The van der Waals surface area contributed by atoms with E-state index < -0.39 is 5.97 Å². The first kappa shape index (κ1) is 22.3. The van der Waals surface area contributed by atoms with Crippen molar-refractivity contribution in [3.8, 4) is 0 Å². The molecule has 0 aliphatic rings. The summed E-state index contributed by atoms with van der Waals surface area (Å²) in [6.07, 6.45) is 6.41. The van der Waals surface area contributed by atoms with E-state index in [1.807, 2.05) is 25.1 Å². The standard InChI is InChI=1S/C26H29NO4/c1-4-15-27(16-5-2)21-13-14-22-18(3)23(26(30)31-24(22)17-21)8-6-7-19-9-11-20(12-10-19)25(28)29/h6,8-14,17H,4-5,7,15-16H2,1-3H3,(H,28,29)/b8-6+. The molecule has 0 atom stereocenters. The number of hydrogen-bond acceptors (Lipinski definition) is 4. The lowest BCUT2D eigenvalue weighted by molar-refractivity contribution is 0.0697. The molecule has 0 aliphatic carbocycles. The number of carboxylic acid groups (broad SMARTS) is 1. The first-order valence-corrected chi connectivity index (χ1v) is 10.8. The number of aromatic carboxylic acids is 1. The predicted molar refractivity (Wildman–Crippen MR) is 126 cm³/mol. The number of rotatable bonds is 9.